The van der Waals surface area contributed by atoms with E-state index in [4.69, 9.17) is 37.0 Å². The predicted molar refractivity (Wildman–Crippen MR) is 107 cm³/mol. The molecule has 0 radical (unpaired) electrons. The van der Waals surface area contributed by atoms with Crippen molar-refractivity contribution in [2.24, 2.45) is 22.9 Å². The second-order valence-electron chi connectivity index (χ2n) is 6.08. The largest absolute Gasteiger partial charge is 0.481 e. The van der Waals surface area contributed by atoms with E-state index in [-0.39, 0.29) is 31.8 Å². The minimum Gasteiger partial charge on any atom is -0.481 e. The Morgan fingerprint density at radius 3 is 1.53 bits per heavy atom. The molecule has 1 heterocycles. The van der Waals surface area contributed by atoms with E-state index < -0.39 is 47.8 Å². The molecule has 0 bridgehead atoms. The van der Waals surface area contributed by atoms with Gasteiger partial charge in [-0.25, -0.2) is 0 Å². The Kier molecular flexibility index (Phi) is 20.4. The highest BCUT2D eigenvalue weighted by Gasteiger charge is 2.20. The van der Waals surface area contributed by atoms with Gasteiger partial charge in [-0.05, 0) is 25.8 Å². The first-order valence-electron chi connectivity index (χ1n) is 9.00. The molecule has 14 N–H and O–H groups in total. The zero-order valence-corrected chi connectivity index (χ0v) is 17.2. The van der Waals surface area contributed by atoms with Crippen LogP contribution in [0.25, 0.3) is 0 Å². The van der Waals surface area contributed by atoms with Gasteiger partial charge in [0.25, 0.3) is 0 Å². The second kappa shape index (κ2) is 19.6. The van der Waals surface area contributed by atoms with Crippen molar-refractivity contribution >= 4 is 35.8 Å². The number of hydrogen-bond acceptors (Lipinski definition) is 10. The van der Waals surface area contributed by atoms with Gasteiger partial charge in [0.1, 0.15) is 18.1 Å². The molecule has 0 unspecified atom stereocenters. The summed E-state index contributed by atoms with van der Waals surface area (Å²) in [6.07, 6.45) is 1.25. The molecule has 1 aliphatic heterocycles. The maximum atomic E-state index is 10.1. The minimum absolute atomic E-state index is 0.0231. The fourth-order valence-electron chi connectivity index (χ4n) is 1.60. The zero-order chi connectivity index (χ0) is 25.9. The molecule has 16 heteroatoms. The van der Waals surface area contributed by atoms with Gasteiger partial charge in [0.15, 0.2) is 0 Å². The van der Waals surface area contributed by atoms with E-state index in [2.05, 4.69) is 16.8 Å². The van der Waals surface area contributed by atoms with E-state index in [1.165, 1.54) is 0 Å². The van der Waals surface area contributed by atoms with Crippen molar-refractivity contribution in [3.63, 3.8) is 0 Å². The molecule has 186 valence electrons. The van der Waals surface area contributed by atoms with Crippen LogP contribution < -0.4 is 28.3 Å². The average Bonchev–Trinajstić information content (AvgIpc) is 3.22. The monoisotopic (exact) mass is 469 g/mol. The molecular formula is C16H31N5O11. The minimum atomic E-state index is -1.21. The number of hydrogen-bond donors (Lipinski definition) is 10. The number of aliphatic carboxylic acids is 5. The van der Waals surface area contributed by atoms with Gasteiger partial charge in [-0.2, -0.15) is 0 Å². The van der Waals surface area contributed by atoms with Crippen LogP contribution in [0.15, 0.2) is 0 Å². The van der Waals surface area contributed by atoms with Crippen molar-refractivity contribution in [1.82, 2.24) is 5.32 Å². The Morgan fingerprint density at radius 1 is 0.875 bits per heavy atom. The maximum Gasteiger partial charge on any atom is 0.321 e. The van der Waals surface area contributed by atoms with Crippen LogP contribution in [0.3, 0.4) is 0 Å². The standard InChI is InChI=1S/C5H9NO4.C5H9NO2.C4H8N2O3.C2H5NO2/c6-3(5(9)10)1-2-4(7)8;7-5(8)4-2-1-3-6-4;5-2(4(8)9)1-3(6)7;3-1-2(4)5/h3H,1-2,6H2,(H,7,8)(H,9,10);4,6H,1-3H2,(H,7,8);2H,1,5H2,(H2,6,7)(H,8,9);1,3H2,(H,4,5)/t3-;4-;2-;/m000./s1. The van der Waals surface area contributed by atoms with Crippen molar-refractivity contribution in [2.75, 3.05) is 13.1 Å². The SMILES string of the molecule is NC(=O)C[C@H](N)C(=O)O.NCC(=O)O.N[C@@H](CCC(=O)O)C(=O)O.O=C(O)[C@@H]1CCCN1. The Labute approximate surface area is 182 Å². The summed E-state index contributed by atoms with van der Waals surface area (Å²) in [6.45, 7) is 0.580. The Morgan fingerprint density at radius 2 is 1.34 bits per heavy atom. The van der Waals surface area contributed by atoms with Crippen LogP contribution in [0.4, 0.5) is 0 Å². The van der Waals surface area contributed by atoms with E-state index >= 15 is 0 Å². The van der Waals surface area contributed by atoms with E-state index in [0.717, 1.165) is 19.4 Å². The molecule has 0 aromatic rings. The Hall–Kier alpha value is -3.34. The maximum absolute atomic E-state index is 10.1. The van der Waals surface area contributed by atoms with E-state index in [1.807, 2.05) is 0 Å². The highest BCUT2D eigenvalue weighted by molar-refractivity contribution is 5.83. The molecule has 0 aromatic heterocycles. The van der Waals surface area contributed by atoms with Crippen LogP contribution >= 0.6 is 0 Å². The lowest BCUT2D eigenvalue weighted by atomic mass is 10.2. The highest BCUT2D eigenvalue weighted by Crippen LogP contribution is 2.03. The number of nitrogens with two attached hydrogens (primary N) is 4. The zero-order valence-electron chi connectivity index (χ0n) is 17.2. The molecule has 1 aliphatic rings. The fourth-order valence-corrected chi connectivity index (χ4v) is 1.60. The van der Waals surface area contributed by atoms with Crippen LogP contribution in [0.2, 0.25) is 0 Å². The first kappa shape index (κ1) is 33.3. The molecule has 0 spiro atoms. The summed E-state index contributed by atoms with van der Waals surface area (Å²) in [5.41, 5.74) is 19.1. The van der Waals surface area contributed by atoms with Crippen molar-refractivity contribution in [2.45, 2.75) is 50.2 Å². The molecule has 16 nitrogen and oxygen atoms in total. The van der Waals surface area contributed by atoms with Gasteiger partial charge >= 0.3 is 29.8 Å². The molecule has 0 aromatic carbocycles. The van der Waals surface area contributed by atoms with Crippen LogP contribution in [0.1, 0.15) is 32.1 Å². The average molecular weight is 469 g/mol. The number of carboxylic acid groups (broad SMARTS) is 5. The van der Waals surface area contributed by atoms with Gasteiger partial charge in [-0.15, -0.1) is 0 Å². The lowest BCUT2D eigenvalue weighted by Crippen LogP contribution is -2.34. The number of rotatable bonds is 9. The van der Waals surface area contributed by atoms with Crippen molar-refractivity contribution < 1.29 is 54.3 Å². The van der Waals surface area contributed by atoms with E-state index in [9.17, 15) is 28.8 Å². The lowest BCUT2D eigenvalue weighted by Gasteiger charge is -2.01. The molecule has 3 atom stereocenters. The topological polar surface area (TPSA) is 320 Å². The second-order valence-corrected chi connectivity index (χ2v) is 6.08. The summed E-state index contributed by atoms with van der Waals surface area (Å²) in [6, 6.07) is -2.49. The summed E-state index contributed by atoms with van der Waals surface area (Å²) in [5, 5.41) is 43.2. The lowest BCUT2D eigenvalue weighted by molar-refractivity contribution is -0.141. The molecule has 32 heavy (non-hydrogen) atoms. The summed E-state index contributed by atoms with van der Waals surface area (Å²) < 4.78 is 0. The van der Waals surface area contributed by atoms with Crippen LogP contribution in [0.5, 0.6) is 0 Å². The van der Waals surface area contributed by atoms with Crippen LogP contribution in [0, 0.1) is 0 Å². The Balaban J connectivity index is -0.000000359. The first-order chi connectivity index (χ1) is 14.6. The highest BCUT2D eigenvalue weighted by atomic mass is 16.4. The summed E-state index contributed by atoms with van der Waals surface area (Å²) in [7, 11) is 0. The molecule has 1 amide bonds. The number of nitrogens with one attached hydrogen (secondary N) is 1. The Bertz CT molecular complexity index is 623. The van der Waals surface area contributed by atoms with Gasteiger partial charge in [-0.1, -0.05) is 0 Å². The third kappa shape index (κ3) is 24.7. The molecule has 1 rings (SSSR count). The van der Waals surface area contributed by atoms with Crippen molar-refractivity contribution in [1.29, 1.82) is 0 Å². The van der Waals surface area contributed by atoms with Gasteiger partial charge in [0, 0.05) is 6.42 Å². The molecule has 0 aliphatic carbocycles. The summed E-state index contributed by atoms with van der Waals surface area (Å²) in [5.74, 6) is -5.80. The molecule has 1 fully saturated rings. The van der Waals surface area contributed by atoms with E-state index in [0.29, 0.717) is 0 Å². The van der Waals surface area contributed by atoms with Crippen LogP contribution in [-0.2, 0) is 28.8 Å². The first-order valence-corrected chi connectivity index (χ1v) is 9.00. The molecular weight excluding hydrogens is 438 g/mol. The third-order valence-corrected chi connectivity index (χ3v) is 3.26. The van der Waals surface area contributed by atoms with Crippen molar-refractivity contribution in [3.8, 4) is 0 Å². The quantitative estimate of drug-likeness (QED) is 0.156. The summed E-state index contributed by atoms with van der Waals surface area (Å²) >= 11 is 0. The number of carbonyl (C=O) groups excluding carboxylic acids is 1. The number of carbonyl (C=O) groups is 6. The fraction of sp³-hybridized carbons (Fsp3) is 0.625. The molecule has 1 saturated heterocycles. The van der Waals surface area contributed by atoms with Gasteiger partial charge < -0.3 is 53.8 Å². The smallest absolute Gasteiger partial charge is 0.321 e. The normalized spacial score (nSPS) is 15.7. The van der Waals surface area contributed by atoms with Crippen molar-refractivity contribution in [3.05, 3.63) is 0 Å². The third-order valence-electron chi connectivity index (χ3n) is 3.26. The van der Waals surface area contributed by atoms with Crippen LogP contribution in [-0.4, -0.2) is 92.5 Å². The predicted octanol–water partition coefficient (Wildman–Crippen LogP) is -3.61. The van der Waals surface area contributed by atoms with E-state index in [1.54, 1.807) is 0 Å². The summed E-state index contributed by atoms with van der Waals surface area (Å²) in [4.78, 5) is 59.1. The molecule has 0 saturated carbocycles. The number of carboxylic acids is 5. The van der Waals surface area contributed by atoms with Gasteiger partial charge in [-0.3, -0.25) is 28.8 Å². The number of primary amides is 1. The van der Waals surface area contributed by atoms with Gasteiger partial charge in [0.2, 0.25) is 5.91 Å². The number of amides is 1. The van der Waals surface area contributed by atoms with Gasteiger partial charge in [0.05, 0.1) is 13.0 Å².